The summed E-state index contributed by atoms with van der Waals surface area (Å²) in [6, 6.07) is 1.54. The highest BCUT2D eigenvalue weighted by molar-refractivity contribution is 4.93. The van der Waals surface area contributed by atoms with Gasteiger partial charge in [-0.3, -0.25) is 4.90 Å². The van der Waals surface area contributed by atoms with Gasteiger partial charge in [0.2, 0.25) is 0 Å². The van der Waals surface area contributed by atoms with E-state index < -0.39 is 0 Å². The lowest BCUT2D eigenvalue weighted by Crippen LogP contribution is -2.58. The lowest BCUT2D eigenvalue weighted by molar-refractivity contribution is 0.0988. The van der Waals surface area contributed by atoms with Gasteiger partial charge in [0, 0.05) is 31.7 Å². The van der Waals surface area contributed by atoms with E-state index in [4.69, 9.17) is 0 Å². The maximum atomic E-state index is 3.83. The van der Waals surface area contributed by atoms with E-state index in [-0.39, 0.29) is 0 Å². The molecule has 2 saturated carbocycles. The van der Waals surface area contributed by atoms with Crippen LogP contribution in [0.2, 0.25) is 0 Å². The van der Waals surface area contributed by atoms with Gasteiger partial charge in [0.05, 0.1) is 0 Å². The number of hydrogen-bond acceptors (Lipinski definition) is 2. The molecule has 1 saturated heterocycles. The summed E-state index contributed by atoms with van der Waals surface area (Å²) in [4.78, 5) is 2.78. The third-order valence-corrected chi connectivity index (χ3v) is 5.69. The summed E-state index contributed by atoms with van der Waals surface area (Å²) in [6.45, 7) is 8.71. The number of hydrogen-bond donors (Lipinski definition) is 1. The van der Waals surface area contributed by atoms with E-state index in [1.54, 1.807) is 0 Å². The molecule has 0 aromatic rings. The van der Waals surface area contributed by atoms with E-state index in [1.165, 1.54) is 58.2 Å². The Kier molecular flexibility index (Phi) is 3.95. The van der Waals surface area contributed by atoms with Crippen molar-refractivity contribution >= 4 is 0 Å². The first kappa shape index (κ1) is 12.9. The van der Waals surface area contributed by atoms with Crippen molar-refractivity contribution in [2.45, 2.75) is 64.5 Å². The molecule has 2 aliphatic carbocycles. The SMILES string of the molecule is CC1CC1CN1CC(C2CCCCC2)NCC1C. The van der Waals surface area contributed by atoms with Gasteiger partial charge in [0.1, 0.15) is 0 Å². The normalized spacial score (nSPS) is 43.0. The first-order chi connectivity index (χ1) is 8.74. The molecule has 2 heteroatoms. The van der Waals surface area contributed by atoms with Crippen molar-refractivity contribution in [3.8, 4) is 0 Å². The molecule has 0 spiro atoms. The fourth-order valence-corrected chi connectivity index (χ4v) is 4.01. The summed E-state index contributed by atoms with van der Waals surface area (Å²) in [5.41, 5.74) is 0. The quantitative estimate of drug-likeness (QED) is 0.828. The smallest absolute Gasteiger partial charge is 0.0224 e. The highest BCUT2D eigenvalue weighted by atomic mass is 15.2. The third kappa shape index (κ3) is 2.91. The highest BCUT2D eigenvalue weighted by Gasteiger charge is 2.37. The van der Waals surface area contributed by atoms with Crippen molar-refractivity contribution in [1.82, 2.24) is 10.2 Å². The Balaban J connectivity index is 1.53. The second-order valence-electron chi connectivity index (χ2n) is 7.19. The van der Waals surface area contributed by atoms with E-state index in [0.29, 0.717) is 0 Å². The summed E-state index contributed by atoms with van der Waals surface area (Å²) in [6.07, 6.45) is 8.84. The molecule has 0 aromatic carbocycles. The van der Waals surface area contributed by atoms with Crippen LogP contribution in [0, 0.1) is 17.8 Å². The van der Waals surface area contributed by atoms with Gasteiger partial charge in [-0.15, -0.1) is 0 Å². The second-order valence-corrected chi connectivity index (χ2v) is 7.19. The van der Waals surface area contributed by atoms with Crippen LogP contribution in [0.4, 0.5) is 0 Å². The Morgan fingerprint density at radius 3 is 2.50 bits per heavy atom. The minimum Gasteiger partial charge on any atom is -0.311 e. The van der Waals surface area contributed by atoms with Crippen LogP contribution in [0.5, 0.6) is 0 Å². The highest BCUT2D eigenvalue weighted by Crippen LogP contribution is 2.39. The molecule has 1 N–H and O–H groups in total. The van der Waals surface area contributed by atoms with E-state index in [0.717, 1.165) is 29.8 Å². The fraction of sp³-hybridized carbons (Fsp3) is 1.00. The first-order valence-electron chi connectivity index (χ1n) is 8.21. The molecule has 0 bridgehead atoms. The summed E-state index contributed by atoms with van der Waals surface area (Å²) in [5, 5.41) is 3.83. The third-order valence-electron chi connectivity index (χ3n) is 5.69. The van der Waals surface area contributed by atoms with Crippen LogP contribution in [0.15, 0.2) is 0 Å². The van der Waals surface area contributed by atoms with Crippen LogP contribution in [0.3, 0.4) is 0 Å². The van der Waals surface area contributed by atoms with E-state index in [1.807, 2.05) is 0 Å². The van der Waals surface area contributed by atoms with E-state index >= 15 is 0 Å². The molecular weight excluding hydrogens is 220 g/mol. The Hall–Kier alpha value is -0.0800. The van der Waals surface area contributed by atoms with E-state index in [9.17, 15) is 0 Å². The van der Waals surface area contributed by atoms with Gasteiger partial charge in [-0.05, 0) is 43.9 Å². The fourth-order valence-electron chi connectivity index (χ4n) is 4.01. The average molecular weight is 250 g/mol. The topological polar surface area (TPSA) is 15.3 Å². The lowest BCUT2D eigenvalue weighted by Gasteiger charge is -2.43. The van der Waals surface area contributed by atoms with Gasteiger partial charge < -0.3 is 5.32 Å². The zero-order chi connectivity index (χ0) is 12.5. The van der Waals surface area contributed by atoms with Crippen LogP contribution < -0.4 is 5.32 Å². The van der Waals surface area contributed by atoms with Gasteiger partial charge in [0.15, 0.2) is 0 Å². The van der Waals surface area contributed by atoms with Crippen LogP contribution in [-0.2, 0) is 0 Å². The molecule has 4 atom stereocenters. The Labute approximate surface area is 113 Å². The predicted octanol–water partition coefficient (Wildman–Crippen LogP) is 2.89. The van der Waals surface area contributed by atoms with Crippen molar-refractivity contribution in [3.05, 3.63) is 0 Å². The largest absolute Gasteiger partial charge is 0.311 e. The van der Waals surface area contributed by atoms with Crippen LogP contribution in [0.25, 0.3) is 0 Å². The molecule has 3 fully saturated rings. The van der Waals surface area contributed by atoms with Crippen LogP contribution in [-0.4, -0.2) is 36.6 Å². The van der Waals surface area contributed by atoms with Crippen molar-refractivity contribution in [2.75, 3.05) is 19.6 Å². The molecule has 0 aromatic heterocycles. The molecule has 0 radical (unpaired) electrons. The average Bonchev–Trinajstić information content (AvgIpc) is 3.09. The molecule has 4 unspecified atom stereocenters. The molecular formula is C16H30N2. The maximum Gasteiger partial charge on any atom is 0.0224 e. The molecule has 3 aliphatic rings. The zero-order valence-corrected chi connectivity index (χ0v) is 12.2. The Morgan fingerprint density at radius 1 is 1.11 bits per heavy atom. The van der Waals surface area contributed by atoms with Gasteiger partial charge in [-0.2, -0.15) is 0 Å². The molecule has 0 amide bonds. The Bertz CT molecular complexity index is 272. The van der Waals surface area contributed by atoms with Crippen molar-refractivity contribution in [2.24, 2.45) is 17.8 Å². The second kappa shape index (κ2) is 5.50. The van der Waals surface area contributed by atoms with Crippen molar-refractivity contribution < 1.29 is 0 Å². The van der Waals surface area contributed by atoms with E-state index in [2.05, 4.69) is 24.1 Å². The number of rotatable bonds is 3. The molecule has 104 valence electrons. The van der Waals surface area contributed by atoms with Crippen LogP contribution in [0.1, 0.15) is 52.4 Å². The number of piperazine rings is 1. The lowest BCUT2D eigenvalue weighted by atomic mass is 9.82. The molecule has 3 rings (SSSR count). The minimum absolute atomic E-state index is 0.748. The van der Waals surface area contributed by atoms with Gasteiger partial charge >= 0.3 is 0 Å². The summed E-state index contributed by atoms with van der Waals surface area (Å²) in [5.74, 6) is 2.98. The summed E-state index contributed by atoms with van der Waals surface area (Å²) < 4.78 is 0. The monoisotopic (exact) mass is 250 g/mol. The molecule has 1 heterocycles. The van der Waals surface area contributed by atoms with Gasteiger partial charge in [-0.1, -0.05) is 26.2 Å². The maximum absolute atomic E-state index is 3.83. The van der Waals surface area contributed by atoms with Gasteiger partial charge in [0.25, 0.3) is 0 Å². The molecule has 18 heavy (non-hydrogen) atoms. The van der Waals surface area contributed by atoms with Gasteiger partial charge in [-0.25, -0.2) is 0 Å². The number of nitrogens with one attached hydrogen (secondary N) is 1. The van der Waals surface area contributed by atoms with Crippen molar-refractivity contribution in [1.29, 1.82) is 0 Å². The standard InChI is InChI=1S/C16H30N2/c1-12-8-15(12)10-18-11-16(17-9-13(18)2)14-6-4-3-5-7-14/h12-17H,3-11H2,1-2H3. The first-order valence-corrected chi connectivity index (χ1v) is 8.21. The predicted molar refractivity (Wildman–Crippen MR) is 76.7 cm³/mol. The molecule has 2 nitrogen and oxygen atoms in total. The van der Waals surface area contributed by atoms with Crippen LogP contribution >= 0.6 is 0 Å². The zero-order valence-electron chi connectivity index (χ0n) is 12.2. The number of nitrogens with zero attached hydrogens (tertiary/aromatic N) is 1. The summed E-state index contributed by atoms with van der Waals surface area (Å²) >= 11 is 0. The minimum atomic E-state index is 0.748. The summed E-state index contributed by atoms with van der Waals surface area (Å²) in [7, 11) is 0. The Morgan fingerprint density at radius 2 is 1.83 bits per heavy atom. The molecule has 1 aliphatic heterocycles. The van der Waals surface area contributed by atoms with Crippen molar-refractivity contribution in [3.63, 3.8) is 0 Å².